The second-order valence-electron chi connectivity index (χ2n) is 26.3. The first kappa shape index (κ1) is 76.9. The summed E-state index contributed by atoms with van der Waals surface area (Å²) in [6.07, 6.45) is 42.6. The first-order valence-electron chi connectivity index (χ1n) is 34.6. The summed E-state index contributed by atoms with van der Waals surface area (Å²) < 4.78 is 24.7. The normalized spacial score (nSPS) is 18.4. The van der Waals surface area contributed by atoms with Gasteiger partial charge in [0.1, 0.15) is 30.5 Å². The first-order chi connectivity index (χ1) is 39.0. The summed E-state index contributed by atoms with van der Waals surface area (Å²) >= 11 is 0. The summed E-state index contributed by atoms with van der Waals surface area (Å²) in [6, 6.07) is -2.40. The van der Waals surface area contributed by atoms with Gasteiger partial charge in [-0.05, 0) is 56.7 Å². The summed E-state index contributed by atoms with van der Waals surface area (Å²) in [5, 5.41) is 29.6. The van der Waals surface area contributed by atoms with Gasteiger partial charge < -0.3 is 39.5 Å². The lowest BCUT2D eigenvalue weighted by Gasteiger charge is -2.45. The molecule has 0 radical (unpaired) electrons. The third kappa shape index (κ3) is 40.8. The molecule has 1 saturated heterocycles. The van der Waals surface area contributed by atoms with Gasteiger partial charge in [-0.1, -0.05) is 280 Å². The van der Waals surface area contributed by atoms with Crippen molar-refractivity contribution in [2.24, 2.45) is 0 Å². The van der Waals surface area contributed by atoms with Gasteiger partial charge in [0, 0.05) is 12.8 Å². The van der Waals surface area contributed by atoms with Crippen LogP contribution < -0.4 is 10.6 Å². The lowest BCUT2D eigenvalue weighted by molar-refractivity contribution is -0.229. The molecule has 1 fully saturated rings. The fraction of sp³-hybridized carbons (Fsp3) is 0.941. The van der Waals surface area contributed by atoms with Gasteiger partial charge in [0.25, 0.3) is 0 Å². The Labute approximate surface area is 499 Å². The monoisotopic (exact) mass is 1160 g/mol. The topological polar surface area (TPSA) is 170 Å². The molecule has 478 valence electrons. The molecular formula is C68H132N2O10Si. The average molecular weight is 1170 g/mol. The van der Waals surface area contributed by atoms with Gasteiger partial charge >= 0.3 is 11.9 Å². The van der Waals surface area contributed by atoms with E-state index in [0.29, 0.717) is 25.7 Å². The Kier molecular flexibility index (Phi) is 47.6. The van der Waals surface area contributed by atoms with Crippen LogP contribution in [0.4, 0.5) is 0 Å². The number of esters is 2. The number of aliphatic hydroxyl groups excluding tert-OH is 2. The van der Waals surface area contributed by atoms with E-state index in [4.69, 9.17) is 18.6 Å². The Morgan fingerprint density at radius 2 is 0.728 bits per heavy atom. The highest BCUT2D eigenvalue weighted by atomic mass is 28.4. The van der Waals surface area contributed by atoms with E-state index < -0.39 is 62.9 Å². The lowest BCUT2D eigenvalue weighted by atomic mass is 9.93. The van der Waals surface area contributed by atoms with E-state index in [0.717, 1.165) is 89.9 Å². The van der Waals surface area contributed by atoms with Crippen molar-refractivity contribution in [2.75, 3.05) is 6.61 Å². The quantitative estimate of drug-likeness (QED) is 0.0261. The minimum Gasteiger partial charge on any atom is -0.462 e. The van der Waals surface area contributed by atoms with Gasteiger partial charge in [0.05, 0.1) is 25.5 Å². The zero-order valence-electron chi connectivity index (χ0n) is 54.4. The van der Waals surface area contributed by atoms with Crippen molar-refractivity contribution >= 4 is 32.1 Å². The van der Waals surface area contributed by atoms with Crippen LogP contribution in [-0.2, 0) is 37.8 Å². The number of unbranched alkanes of at least 4 members (excludes halogenated alkanes) is 36. The summed E-state index contributed by atoms with van der Waals surface area (Å²) in [5.41, 5.74) is 0. The summed E-state index contributed by atoms with van der Waals surface area (Å²) in [7, 11) is -2.33. The Bertz CT molecular complexity index is 1530. The molecule has 4 N–H and O–H groups in total. The molecule has 7 atom stereocenters. The minimum atomic E-state index is -2.33. The van der Waals surface area contributed by atoms with Gasteiger partial charge in [-0.2, -0.15) is 0 Å². The number of hydrogen-bond acceptors (Lipinski definition) is 10. The van der Waals surface area contributed by atoms with Crippen LogP contribution in [-0.4, -0.2) is 91.7 Å². The second kappa shape index (κ2) is 50.1. The molecule has 0 unspecified atom stereocenters. The molecule has 1 rings (SSSR count). The van der Waals surface area contributed by atoms with E-state index in [1.54, 1.807) is 0 Å². The molecule has 1 aliphatic rings. The number of aliphatic hydroxyl groups is 2. The molecule has 81 heavy (non-hydrogen) atoms. The second-order valence-corrected chi connectivity index (χ2v) is 31.1. The standard InChI is InChI=1S/C68H132N2O10Si/c1-10-14-18-22-26-30-32-36-40-44-48-52-62(73)78-57(50-46-42-38-34-28-24-20-16-12-3)54-60(71)69-64-65(67(76)80-59(66(64)75)56-77-81(8,9)68(5,6)7)70-61(72)55-58(51-47-43-39-35-29-25-21-17-13-4)79-63(74)53-49-45-41-37-33-31-27-23-19-15-11-2/h57-59,64-67,75-76H,10-56H2,1-9H3,(H,69,71)(H,70,72)/t57-,58-,59-,64-,65-,66-,67-/m1/s1. The predicted molar refractivity (Wildman–Crippen MR) is 339 cm³/mol. The van der Waals surface area contributed by atoms with Crippen molar-refractivity contribution in [2.45, 2.75) is 405 Å². The molecule has 0 saturated carbocycles. The molecule has 1 heterocycles. The Balaban J connectivity index is 3.21. The largest absolute Gasteiger partial charge is 0.462 e. The van der Waals surface area contributed by atoms with Crippen LogP contribution in [0, 0.1) is 0 Å². The van der Waals surface area contributed by atoms with Gasteiger partial charge in [-0.15, -0.1) is 0 Å². The molecule has 0 bridgehead atoms. The van der Waals surface area contributed by atoms with Crippen LogP contribution in [0.3, 0.4) is 0 Å². The maximum atomic E-state index is 14.3. The Morgan fingerprint density at radius 1 is 0.444 bits per heavy atom. The molecule has 0 aromatic heterocycles. The Morgan fingerprint density at radius 3 is 1.04 bits per heavy atom. The molecule has 0 aliphatic carbocycles. The lowest BCUT2D eigenvalue weighted by Crippen LogP contribution is -2.69. The minimum absolute atomic E-state index is 0.0183. The maximum Gasteiger partial charge on any atom is 0.306 e. The number of nitrogens with one attached hydrogen (secondary N) is 2. The van der Waals surface area contributed by atoms with Crippen molar-refractivity contribution in [1.82, 2.24) is 10.6 Å². The smallest absolute Gasteiger partial charge is 0.306 e. The van der Waals surface area contributed by atoms with Gasteiger partial charge in [-0.25, -0.2) is 0 Å². The molecule has 12 nitrogen and oxygen atoms in total. The average Bonchev–Trinajstić information content (AvgIpc) is 3.42. The highest BCUT2D eigenvalue weighted by Crippen LogP contribution is 2.37. The van der Waals surface area contributed by atoms with E-state index >= 15 is 0 Å². The number of carbonyl (C=O) groups excluding carboxylic acids is 4. The maximum absolute atomic E-state index is 14.3. The molecule has 0 aromatic rings. The van der Waals surface area contributed by atoms with Gasteiger partial charge in [0.2, 0.25) is 11.8 Å². The van der Waals surface area contributed by atoms with Crippen LogP contribution >= 0.6 is 0 Å². The first-order valence-corrected chi connectivity index (χ1v) is 37.5. The predicted octanol–water partition coefficient (Wildman–Crippen LogP) is 17.9. The fourth-order valence-electron chi connectivity index (χ4n) is 11.0. The summed E-state index contributed by atoms with van der Waals surface area (Å²) in [6.45, 7) is 19.5. The fourth-order valence-corrected chi connectivity index (χ4v) is 12.0. The molecule has 0 aromatic carbocycles. The number of ether oxygens (including phenoxy) is 3. The highest BCUT2D eigenvalue weighted by Gasteiger charge is 2.48. The zero-order chi connectivity index (χ0) is 59.8. The van der Waals surface area contributed by atoms with Crippen molar-refractivity contribution in [3.63, 3.8) is 0 Å². The molecule has 1 aliphatic heterocycles. The number of amides is 2. The Hall–Kier alpha value is -2.06. The van der Waals surface area contributed by atoms with Crippen molar-refractivity contribution in [3.8, 4) is 0 Å². The van der Waals surface area contributed by atoms with Crippen LogP contribution in [0.15, 0.2) is 0 Å². The van der Waals surface area contributed by atoms with E-state index in [2.05, 4.69) is 72.2 Å². The van der Waals surface area contributed by atoms with E-state index in [1.807, 2.05) is 0 Å². The van der Waals surface area contributed by atoms with Crippen LogP contribution in [0.5, 0.6) is 0 Å². The summed E-state index contributed by atoms with van der Waals surface area (Å²) in [5.74, 6) is -1.54. The SMILES string of the molecule is CCCCCCCCCCCCCC(=O)O[C@H](CCCCCCCCCCC)CC(=O)N[C@@H]1[C@@H](NC(=O)C[C@@H](CCCCCCCCCCC)OC(=O)CCCCCCCCCCCCC)[C@H](O)[C@@H](CO[Si](C)(C)C(C)(C)C)O[C@H]1O. The zero-order valence-corrected chi connectivity index (χ0v) is 55.4. The number of hydrogen-bond donors (Lipinski definition) is 4. The highest BCUT2D eigenvalue weighted by molar-refractivity contribution is 6.74. The van der Waals surface area contributed by atoms with Crippen molar-refractivity contribution in [1.29, 1.82) is 0 Å². The van der Waals surface area contributed by atoms with Crippen LogP contribution in [0.25, 0.3) is 0 Å². The molecular weight excluding hydrogens is 1030 g/mol. The van der Waals surface area contributed by atoms with Gasteiger partial charge in [0.15, 0.2) is 14.6 Å². The molecule has 2 amide bonds. The van der Waals surface area contributed by atoms with Crippen LogP contribution in [0.2, 0.25) is 18.1 Å². The molecule has 13 heteroatoms. The van der Waals surface area contributed by atoms with Crippen molar-refractivity contribution in [3.05, 3.63) is 0 Å². The van der Waals surface area contributed by atoms with Crippen LogP contribution in [0.1, 0.15) is 344 Å². The molecule has 0 spiro atoms. The van der Waals surface area contributed by atoms with E-state index in [1.165, 1.54) is 167 Å². The van der Waals surface area contributed by atoms with Crippen molar-refractivity contribution < 1.29 is 48.0 Å². The third-order valence-electron chi connectivity index (χ3n) is 17.5. The third-order valence-corrected chi connectivity index (χ3v) is 22.0. The van der Waals surface area contributed by atoms with E-state index in [9.17, 15) is 29.4 Å². The number of rotatable bonds is 55. The summed E-state index contributed by atoms with van der Waals surface area (Å²) in [4.78, 5) is 55.3. The van der Waals surface area contributed by atoms with E-state index in [-0.39, 0.29) is 36.4 Å². The number of carbonyl (C=O) groups is 4. The van der Waals surface area contributed by atoms with Gasteiger partial charge in [-0.3, -0.25) is 19.2 Å².